The number of pyridine rings is 1. The molecule has 5 aromatic carbocycles. The monoisotopic (exact) mass is 639 g/mol. The van der Waals surface area contributed by atoms with Crippen LogP contribution in [0.5, 0.6) is 0 Å². The van der Waals surface area contributed by atoms with Gasteiger partial charge < -0.3 is 10.6 Å². The van der Waals surface area contributed by atoms with Crippen molar-refractivity contribution in [2.75, 3.05) is 18.4 Å². The molecule has 2 unspecified atom stereocenters. The normalized spacial score (nSPS) is 16.3. The van der Waals surface area contributed by atoms with Crippen LogP contribution in [-0.2, 0) is 10.3 Å². The first-order chi connectivity index (χ1) is 24.2. The Morgan fingerprint density at radius 3 is 1.86 bits per heavy atom. The van der Waals surface area contributed by atoms with E-state index in [0.29, 0.717) is 12.5 Å². The van der Waals surface area contributed by atoms with Crippen molar-refractivity contribution in [2.45, 2.75) is 17.9 Å². The van der Waals surface area contributed by atoms with Crippen LogP contribution in [-0.4, -0.2) is 33.8 Å². The van der Waals surface area contributed by atoms with E-state index in [1.54, 1.807) is 12.4 Å². The van der Waals surface area contributed by atoms with Crippen molar-refractivity contribution in [1.82, 2.24) is 20.1 Å². The minimum Gasteiger partial charge on any atom is -0.326 e. The Bertz CT molecular complexity index is 2070. The highest BCUT2D eigenvalue weighted by Gasteiger charge is 2.41. The van der Waals surface area contributed by atoms with Crippen LogP contribution < -0.4 is 10.6 Å². The predicted octanol–water partition coefficient (Wildman–Crippen LogP) is 8.27. The molecule has 1 amide bonds. The minimum absolute atomic E-state index is 0.0255. The fourth-order valence-electron chi connectivity index (χ4n) is 7.44. The molecular formula is C43H37N5O. The molecule has 2 aromatic heterocycles. The van der Waals surface area contributed by atoms with Crippen LogP contribution in [0.1, 0.15) is 34.6 Å². The van der Waals surface area contributed by atoms with Gasteiger partial charge in [-0.2, -0.15) is 5.10 Å². The van der Waals surface area contributed by atoms with Gasteiger partial charge in [0.2, 0.25) is 5.91 Å². The zero-order chi connectivity index (χ0) is 33.0. The lowest BCUT2D eigenvalue weighted by Gasteiger charge is -2.37. The number of rotatable bonds is 8. The molecule has 240 valence electrons. The molecule has 1 fully saturated rings. The quantitative estimate of drug-likeness (QED) is 0.164. The van der Waals surface area contributed by atoms with Gasteiger partial charge in [-0.25, -0.2) is 4.68 Å². The fraction of sp³-hybridized carbons (Fsp3) is 0.140. The zero-order valence-corrected chi connectivity index (χ0v) is 27.1. The summed E-state index contributed by atoms with van der Waals surface area (Å²) in [6, 6.07) is 52.3. The maximum Gasteiger partial charge on any atom is 0.228 e. The summed E-state index contributed by atoms with van der Waals surface area (Å²) in [5.74, 6) is 0.184. The molecule has 1 saturated heterocycles. The smallest absolute Gasteiger partial charge is 0.228 e. The first-order valence-electron chi connectivity index (χ1n) is 16.9. The third-order valence-corrected chi connectivity index (χ3v) is 9.79. The highest BCUT2D eigenvalue weighted by Crippen LogP contribution is 2.44. The summed E-state index contributed by atoms with van der Waals surface area (Å²) in [5.41, 5.74) is 7.22. The molecule has 0 radical (unpaired) electrons. The van der Waals surface area contributed by atoms with Crippen molar-refractivity contribution in [2.24, 2.45) is 5.92 Å². The van der Waals surface area contributed by atoms with Crippen LogP contribution in [0.2, 0.25) is 0 Å². The molecule has 8 rings (SSSR count). The Morgan fingerprint density at radius 2 is 1.27 bits per heavy atom. The van der Waals surface area contributed by atoms with Gasteiger partial charge in [0.25, 0.3) is 0 Å². The minimum atomic E-state index is -0.793. The van der Waals surface area contributed by atoms with Gasteiger partial charge in [-0.1, -0.05) is 121 Å². The third-order valence-electron chi connectivity index (χ3n) is 9.79. The molecular weight excluding hydrogens is 603 g/mol. The van der Waals surface area contributed by atoms with E-state index in [0.717, 1.165) is 57.5 Å². The van der Waals surface area contributed by atoms with Crippen molar-refractivity contribution in [3.05, 3.63) is 186 Å². The van der Waals surface area contributed by atoms with Gasteiger partial charge in [-0.3, -0.25) is 9.78 Å². The SMILES string of the molecule is O=C(Nc1ccc2c(c1)c(-c1ccncc1)nn2C(c1ccccc1)(c1ccccc1)c1ccccc1)C1CNCC(c2ccccc2)C1. The Kier molecular flexibility index (Phi) is 8.30. The summed E-state index contributed by atoms with van der Waals surface area (Å²) in [4.78, 5) is 18.1. The van der Waals surface area contributed by atoms with Gasteiger partial charge in [0.05, 0.1) is 11.4 Å². The highest BCUT2D eigenvalue weighted by atomic mass is 16.1. The second-order valence-electron chi connectivity index (χ2n) is 12.7. The maximum absolute atomic E-state index is 13.8. The van der Waals surface area contributed by atoms with Crippen LogP contribution in [0.15, 0.2) is 164 Å². The summed E-state index contributed by atoms with van der Waals surface area (Å²) in [6.07, 6.45) is 4.40. The molecule has 0 bridgehead atoms. The molecule has 2 atom stereocenters. The molecule has 49 heavy (non-hydrogen) atoms. The van der Waals surface area contributed by atoms with Gasteiger partial charge in [-0.05, 0) is 64.9 Å². The molecule has 6 heteroatoms. The molecule has 0 spiro atoms. The summed E-state index contributed by atoms with van der Waals surface area (Å²) >= 11 is 0. The summed E-state index contributed by atoms with van der Waals surface area (Å²) in [6.45, 7) is 1.53. The number of benzene rings is 5. The molecule has 0 saturated carbocycles. The molecule has 0 aliphatic carbocycles. The van der Waals surface area contributed by atoms with E-state index in [-0.39, 0.29) is 11.8 Å². The first kappa shape index (κ1) is 30.5. The number of nitrogens with one attached hydrogen (secondary N) is 2. The molecule has 6 nitrogen and oxygen atoms in total. The predicted molar refractivity (Wildman–Crippen MR) is 196 cm³/mol. The fourth-order valence-corrected chi connectivity index (χ4v) is 7.44. The van der Waals surface area contributed by atoms with E-state index in [2.05, 4.69) is 129 Å². The van der Waals surface area contributed by atoms with Crippen molar-refractivity contribution < 1.29 is 4.79 Å². The van der Waals surface area contributed by atoms with Crippen molar-refractivity contribution in [3.63, 3.8) is 0 Å². The summed E-state index contributed by atoms with van der Waals surface area (Å²) in [5, 5.41) is 13.2. The average Bonchev–Trinajstić information content (AvgIpc) is 3.56. The summed E-state index contributed by atoms with van der Waals surface area (Å²) < 4.78 is 2.17. The van der Waals surface area contributed by atoms with Crippen LogP contribution in [0.25, 0.3) is 22.2 Å². The Morgan fingerprint density at radius 1 is 0.694 bits per heavy atom. The van der Waals surface area contributed by atoms with Crippen LogP contribution in [0.4, 0.5) is 5.69 Å². The average molecular weight is 640 g/mol. The van der Waals surface area contributed by atoms with Crippen molar-refractivity contribution >= 4 is 22.5 Å². The Labute approximate surface area is 286 Å². The molecule has 3 heterocycles. The van der Waals surface area contributed by atoms with E-state index in [1.807, 2.05) is 42.5 Å². The van der Waals surface area contributed by atoms with E-state index < -0.39 is 5.54 Å². The number of amides is 1. The highest BCUT2D eigenvalue weighted by molar-refractivity contribution is 5.99. The standard InChI is InChI=1S/C43H37N5O/c49-42(34-27-33(29-45-30-34)31-13-5-1-6-14-31)46-38-21-22-40-39(28-38)41(32-23-25-44-26-24-32)47-48(40)43(35-15-7-2-8-16-35,36-17-9-3-10-18-36)37-19-11-4-12-20-37/h1-26,28,33-34,45H,27,29-30H2,(H,46,49). The van der Waals surface area contributed by atoms with Gasteiger partial charge >= 0.3 is 0 Å². The van der Waals surface area contributed by atoms with Crippen molar-refractivity contribution in [1.29, 1.82) is 0 Å². The summed E-state index contributed by atoms with van der Waals surface area (Å²) in [7, 11) is 0. The van der Waals surface area contributed by atoms with E-state index >= 15 is 0 Å². The van der Waals surface area contributed by atoms with Gasteiger partial charge in [0.1, 0.15) is 11.2 Å². The second kappa shape index (κ2) is 13.3. The number of carbonyl (C=O) groups is 1. The second-order valence-corrected chi connectivity index (χ2v) is 12.7. The van der Waals surface area contributed by atoms with E-state index in [4.69, 9.17) is 5.10 Å². The lowest BCUT2D eigenvalue weighted by molar-refractivity contribution is -0.120. The maximum atomic E-state index is 13.8. The van der Waals surface area contributed by atoms with Crippen LogP contribution in [0, 0.1) is 5.92 Å². The topological polar surface area (TPSA) is 71.8 Å². The number of piperidine rings is 1. The zero-order valence-electron chi connectivity index (χ0n) is 27.1. The first-order valence-corrected chi connectivity index (χ1v) is 16.9. The Hall–Kier alpha value is -5.85. The molecule has 7 aromatic rings. The van der Waals surface area contributed by atoms with E-state index in [9.17, 15) is 4.79 Å². The van der Waals surface area contributed by atoms with Crippen LogP contribution >= 0.6 is 0 Å². The lowest BCUT2D eigenvalue weighted by atomic mass is 9.77. The van der Waals surface area contributed by atoms with Gasteiger partial charge in [-0.15, -0.1) is 0 Å². The third kappa shape index (κ3) is 5.70. The van der Waals surface area contributed by atoms with Gasteiger partial charge in [0, 0.05) is 42.1 Å². The number of fused-ring (bicyclic) bond motifs is 1. The number of nitrogens with zero attached hydrogens (tertiary/aromatic N) is 3. The van der Waals surface area contributed by atoms with Crippen molar-refractivity contribution in [3.8, 4) is 11.3 Å². The Balaban J connectivity index is 1.27. The molecule has 1 aliphatic rings. The molecule has 2 N–H and O–H groups in total. The number of hydrogen-bond acceptors (Lipinski definition) is 4. The number of anilines is 1. The van der Waals surface area contributed by atoms with Gasteiger partial charge in [0.15, 0.2) is 0 Å². The number of aromatic nitrogens is 3. The number of hydrogen-bond donors (Lipinski definition) is 2. The van der Waals surface area contributed by atoms with Crippen LogP contribution in [0.3, 0.4) is 0 Å². The van der Waals surface area contributed by atoms with E-state index in [1.165, 1.54) is 5.56 Å². The largest absolute Gasteiger partial charge is 0.326 e. The number of carbonyl (C=O) groups excluding carboxylic acids is 1. The lowest BCUT2D eigenvalue weighted by Crippen LogP contribution is -2.40. The molecule has 1 aliphatic heterocycles.